The molecule has 152 valence electrons. The van der Waals surface area contributed by atoms with E-state index >= 15 is 0 Å². The molecule has 4 aromatic rings. The molecule has 0 spiro atoms. The molecular weight excluding hydrogens is 398 g/mol. The van der Waals surface area contributed by atoms with Gasteiger partial charge in [-0.1, -0.05) is 18.2 Å². The van der Waals surface area contributed by atoms with Crippen molar-refractivity contribution < 1.29 is 9.21 Å². The zero-order valence-corrected chi connectivity index (χ0v) is 17.1. The van der Waals surface area contributed by atoms with Crippen molar-refractivity contribution in [2.24, 2.45) is 0 Å². The van der Waals surface area contributed by atoms with Gasteiger partial charge in [0.25, 0.3) is 5.91 Å². The van der Waals surface area contributed by atoms with E-state index in [0.717, 1.165) is 25.1 Å². The third kappa shape index (κ3) is 3.73. The van der Waals surface area contributed by atoms with E-state index in [-0.39, 0.29) is 11.9 Å². The third-order valence-electron chi connectivity index (χ3n) is 5.30. The van der Waals surface area contributed by atoms with Gasteiger partial charge in [-0.15, -0.1) is 11.3 Å². The monoisotopic (exact) mass is 419 g/mol. The van der Waals surface area contributed by atoms with Crippen LogP contribution in [-0.2, 0) is 6.54 Å². The van der Waals surface area contributed by atoms with Gasteiger partial charge >= 0.3 is 0 Å². The maximum absolute atomic E-state index is 12.8. The Morgan fingerprint density at radius 1 is 1.23 bits per heavy atom. The molecule has 30 heavy (non-hydrogen) atoms. The standard InChI is InChI=1S/C22H21N5O2S/c28-21(20-9-4-10-26(20)13-17-12-23-15-29-17)25-22-24-18(14-30-22)19-8-5-11-27(19)16-6-2-1-3-7-16/h1-4,6-7,9-10,12,14-15,19H,5,8,11,13H2,(H,24,25,28)/t19-/m1/s1. The number of amides is 1. The summed E-state index contributed by atoms with van der Waals surface area (Å²) in [7, 11) is 0. The first-order valence-corrected chi connectivity index (χ1v) is 10.8. The lowest BCUT2D eigenvalue weighted by atomic mass is 10.1. The molecule has 4 heterocycles. The Labute approximate surface area is 178 Å². The van der Waals surface area contributed by atoms with Crippen molar-refractivity contribution in [2.45, 2.75) is 25.4 Å². The third-order valence-corrected chi connectivity index (χ3v) is 6.07. The van der Waals surface area contributed by atoms with Crippen LogP contribution < -0.4 is 10.2 Å². The van der Waals surface area contributed by atoms with Crippen molar-refractivity contribution in [3.05, 3.63) is 83.8 Å². The molecule has 0 saturated carbocycles. The number of hydrogen-bond donors (Lipinski definition) is 1. The van der Waals surface area contributed by atoms with E-state index < -0.39 is 0 Å². The van der Waals surface area contributed by atoms with E-state index in [9.17, 15) is 4.79 Å². The number of rotatable bonds is 6. The Bertz CT molecular complexity index is 1120. The average Bonchev–Trinajstić information content (AvgIpc) is 3.56. The summed E-state index contributed by atoms with van der Waals surface area (Å²) < 4.78 is 7.12. The van der Waals surface area contributed by atoms with Crippen LogP contribution in [0.3, 0.4) is 0 Å². The quantitative estimate of drug-likeness (QED) is 0.495. The minimum Gasteiger partial charge on any atom is -0.447 e. The molecule has 1 aliphatic heterocycles. The van der Waals surface area contributed by atoms with E-state index in [1.165, 1.54) is 23.4 Å². The summed E-state index contributed by atoms with van der Waals surface area (Å²) in [5.74, 6) is 0.505. The zero-order valence-electron chi connectivity index (χ0n) is 16.3. The average molecular weight is 420 g/mol. The maximum atomic E-state index is 12.8. The smallest absolute Gasteiger partial charge is 0.274 e. The topological polar surface area (TPSA) is 76.2 Å². The maximum Gasteiger partial charge on any atom is 0.274 e. The van der Waals surface area contributed by atoms with Crippen LogP contribution in [0.5, 0.6) is 0 Å². The van der Waals surface area contributed by atoms with Gasteiger partial charge in [0.15, 0.2) is 11.5 Å². The van der Waals surface area contributed by atoms with Crippen LogP contribution in [0, 0.1) is 0 Å². The van der Waals surface area contributed by atoms with Crippen LogP contribution in [0.25, 0.3) is 0 Å². The second-order valence-electron chi connectivity index (χ2n) is 7.21. The number of nitrogens with one attached hydrogen (secondary N) is 1. The van der Waals surface area contributed by atoms with E-state index in [4.69, 9.17) is 9.40 Å². The summed E-state index contributed by atoms with van der Waals surface area (Å²) in [5.41, 5.74) is 2.77. The number of aromatic nitrogens is 3. The lowest BCUT2D eigenvalue weighted by Gasteiger charge is -2.25. The molecule has 1 amide bonds. The van der Waals surface area contributed by atoms with Gasteiger partial charge in [0.05, 0.1) is 24.5 Å². The van der Waals surface area contributed by atoms with Crippen molar-refractivity contribution in [3.63, 3.8) is 0 Å². The number of anilines is 2. The summed E-state index contributed by atoms with van der Waals surface area (Å²) >= 11 is 1.46. The fraction of sp³-hybridized carbons (Fsp3) is 0.227. The molecule has 7 nitrogen and oxygen atoms in total. The highest BCUT2D eigenvalue weighted by atomic mass is 32.1. The molecule has 0 radical (unpaired) electrons. The van der Waals surface area contributed by atoms with Gasteiger partial charge in [-0.25, -0.2) is 9.97 Å². The number of thiazole rings is 1. The molecule has 5 rings (SSSR count). The van der Waals surface area contributed by atoms with Crippen molar-refractivity contribution >= 4 is 28.1 Å². The van der Waals surface area contributed by atoms with Crippen molar-refractivity contribution in [3.8, 4) is 0 Å². The molecule has 0 aliphatic carbocycles. The summed E-state index contributed by atoms with van der Waals surface area (Å²) in [6.07, 6.45) is 7.08. The highest BCUT2D eigenvalue weighted by molar-refractivity contribution is 7.14. The van der Waals surface area contributed by atoms with Crippen LogP contribution in [0.1, 0.15) is 40.8 Å². The Balaban J connectivity index is 1.30. The number of carbonyl (C=O) groups is 1. The zero-order chi connectivity index (χ0) is 20.3. The van der Waals surface area contributed by atoms with E-state index in [0.29, 0.717) is 23.1 Å². The van der Waals surface area contributed by atoms with Crippen molar-refractivity contribution in [2.75, 3.05) is 16.8 Å². The van der Waals surface area contributed by atoms with Crippen LogP contribution in [0.2, 0.25) is 0 Å². The highest BCUT2D eigenvalue weighted by Crippen LogP contribution is 2.37. The van der Waals surface area contributed by atoms with E-state index in [1.807, 2.05) is 22.9 Å². The lowest BCUT2D eigenvalue weighted by molar-refractivity contribution is 0.101. The fourth-order valence-corrected chi connectivity index (χ4v) is 4.66. The van der Waals surface area contributed by atoms with Gasteiger partial charge < -0.3 is 13.9 Å². The van der Waals surface area contributed by atoms with Crippen LogP contribution in [-0.4, -0.2) is 27.0 Å². The predicted octanol–water partition coefficient (Wildman–Crippen LogP) is 4.57. The number of hydrogen-bond acceptors (Lipinski definition) is 6. The van der Waals surface area contributed by atoms with Gasteiger partial charge in [0.1, 0.15) is 11.5 Å². The Hall–Kier alpha value is -3.39. The highest BCUT2D eigenvalue weighted by Gasteiger charge is 2.28. The molecule has 3 aromatic heterocycles. The first kappa shape index (κ1) is 18.6. The van der Waals surface area contributed by atoms with Gasteiger partial charge in [-0.3, -0.25) is 10.1 Å². The summed E-state index contributed by atoms with van der Waals surface area (Å²) in [5, 5.41) is 5.61. The van der Waals surface area contributed by atoms with E-state index in [2.05, 4.69) is 44.8 Å². The van der Waals surface area contributed by atoms with Gasteiger partial charge in [0.2, 0.25) is 0 Å². The van der Waals surface area contributed by atoms with Crippen molar-refractivity contribution in [1.82, 2.24) is 14.5 Å². The second-order valence-corrected chi connectivity index (χ2v) is 8.07. The molecule has 1 aliphatic rings. The first-order chi connectivity index (χ1) is 14.8. The minimum atomic E-state index is -0.188. The SMILES string of the molecule is O=C(Nc1nc([C@H]2CCCN2c2ccccc2)cs1)c1cccn1Cc1cnco1. The fourth-order valence-electron chi connectivity index (χ4n) is 3.91. The predicted molar refractivity (Wildman–Crippen MR) is 116 cm³/mol. The molecule has 1 aromatic carbocycles. The van der Waals surface area contributed by atoms with Gasteiger partial charge in [0, 0.05) is 23.8 Å². The molecule has 0 unspecified atom stereocenters. The number of nitrogens with zero attached hydrogens (tertiary/aromatic N) is 4. The first-order valence-electron chi connectivity index (χ1n) is 9.89. The molecule has 0 bridgehead atoms. The normalized spacial score (nSPS) is 16.1. The number of para-hydroxylation sites is 1. The van der Waals surface area contributed by atoms with E-state index in [1.54, 1.807) is 12.3 Å². The molecule has 1 atom stereocenters. The molecule has 1 fully saturated rings. The van der Waals surface area contributed by atoms with Crippen LogP contribution >= 0.6 is 11.3 Å². The van der Waals surface area contributed by atoms with Gasteiger partial charge in [-0.2, -0.15) is 0 Å². The number of benzene rings is 1. The largest absolute Gasteiger partial charge is 0.447 e. The number of oxazole rings is 1. The minimum absolute atomic E-state index is 0.188. The van der Waals surface area contributed by atoms with Crippen LogP contribution in [0.4, 0.5) is 10.8 Å². The summed E-state index contributed by atoms with van der Waals surface area (Å²) in [6, 6.07) is 14.3. The van der Waals surface area contributed by atoms with Crippen molar-refractivity contribution in [1.29, 1.82) is 0 Å². The Kier molecular flexibility index (Phi) is 5.06. The molecular formula is C22H21N5O2S. The van der Waals surface area contributed by atoms with Crippen LogP contribution in [0.15, 0.2) is 71.0 Å². The second kappa shape index (κ2) is 8.16. The molecule has 1 saturated heterocycles. The molecule has 1 N–H and O–H groups in total. The Morgan fingerprint density at radius 2 is 2.13 bits per heavy atom. The molecule has 8 heteroatoms. The summed E-state index contributed by atoms with van der Waals surface area (Å²) in [6.45, 7) is 1.47. The number of carbonyl (C=O) groups excluding carboxylic acids is 1. The summed E-state index contributed by atoms with van der Waals surface area (Å²) in [4.78, 5) is 23.9. The lowest BCUT2D eigenvalue weighted by Crippen LogP contribution is -2.22. The Morgan fingerprint density at radius 3 is 2.97 bits per heavy atom. The van der Waals surface area contributed by atoms with Gasteiger partial charge in [-0.05, 0) is 37.1 Å².